The molecule has 1 aromatic carbocycles. The maximum atomic E-state index is 13.0. The van der Waals surface area contributed by atoms with Crippen LogP contribution in [0.15, 0.2) is 36.5 Å². The highest BCUT2D eigenvalue weighted by Crippen LogP contribution is 2.33. The normalized spacial score (nSPS) is 11.3. The van der Waals surface area contributed by atoms with Crippen LogP contribution in [0.25, 0.3) is 0 Å². The van der Waals surface area contributed by atoms with Crippen LogP contribution in [-0.4, -0.2) is 22.0 Å². The van der Waals surface area contributed by atoms with E-state index in [9.17, 15) is 22.8 Å². The number of nitrogens with two attached hydrogens (primary N) is 1. The first-order valence-corrected chi connectivity index (χ1v) is 6.37. The van der Waals surface area contributed by atoms with Crippen molar-refractivity contribution >= 4 is 11.9 Å². The number of rotatable bonds is 4. The number of aromatic nitrogens is 1. The topological polar surface area (TPSA) is 93.3 Å². The average Bonchev–Trinajstić information content (AvgIpc) is 2.46. The molecule has 0 spiro atoms. The highest BCUT2D eigenvalue weighted by Gasteiger charge is 2.34. The van der Waals surface area contributed by atoms with Crippen molar-refractivity contribution in [2.75, 3.05) is 0 Å². The number of benzene rings is 1. The highest BCUT2D eigenvalue weighted by molar-refractivity contribution is 6.05. The van der Waals surface area contributed by atoms with Gasteiger partial charge >= 0.3 is 12.1 Å². The summed E-state index contributed by atoms with van der Waals surface area (Å²) >= 11 is 0. The van der Waals surface area contributed by atoms with Crippen LogP contribution in [0, 0.1) is 0 Å². The highest BCUT2D eigenvalue weighted by atomic mass is 19.4. The van der Waals surface area contributed by atoms with Crippen LogP contribution in [-0.2, 0) is 12.6 Å². The van der Waals surface area contributed by atoms with Crippen molar-refractivity contribution in [2.45, 2.75) is 12.6 Å². The lowest BCUT2D eigenvalue weighted by molar-refractivity contribution is -0.137. The van der Waals surface area contributed by atoms with Gasteiger partial charge in [-0.15, -0.1) is 0 Å². The summed E-state index contributed by atoms with van der Waals surface area (Å²) in [7, 11) is 0. The second-order valence-corrected chi connectivity index (χ2v) is 4.72. The molecule has 1 aromatic heterocycles. The Balaban J connectivity index is 2.68. The molecular formula is C15H11F3N2O3. The summed E-state index contributed by atoms with van der Waals surface area (Å²) in [6.45, 7) is 0. The van der Waals surface area contributed by atoms with Crippen molar-refractivity contribution in [3.05, 3.63) is 64.5 Å². The third kappa shape index (κ3) is 3.65. The van der Waals surface area contributed by atoms with Crippen molar-refractivity contribution in [1.29, 1.82) is 0 Å². The molecule has 1 amide bonds. The lowest BCUT2D eigenvalue weighted by Gasteiger charge is -2.14. The number of alkyl halides is 3. The fraction of sp³-hybridized carbons (Fsp3) is 0.133. The van der Waals surface area contributed by atoms with Crippen LogP contribution in [0.3, 0.4) is 0 Å². The Labute approximate surface area is 128 Å². The van der Waals surface area contributed by atoms with Crippen LogP contribution in [0.2, 0.25) is 0 Å². The van der Waals surface area contributed by atoms with Crippen molar-refractivity contribution in [1.82, 2.24) is 4.98 Å². The standard InChI is InChI=1S/C15H11F3N2O3/c16-15(17,18)9-5-8(6-10-3-1-2-4-20-10)12(13(19)21)11(7-9)14(22)23/h1-5,7H,6H2,(H2,19,21)(H,22,23). The molecule has 1 heterocycles. The molecule has 0 radical (unpaired) electrons. The van der Waals surface area contributed by atoms with Gasteiger partial charge in [0.05, 0.1) is 16.7 Å². The number of pyridine rings is 1. The molecule has 0 atom stereocenters. The molecule has 0 aliphatic heterocycles. The van der Waals surface area contributed by atoms with E-state index in [-0.39, 0.29) is 12.0 Å². The van der Waals surface area contributed by atoms with Gasteiger partial charge in [-0.25, -0.2) is 4.79 Å². The van der Waals surface area contributed by atoms with Gasteiger partial charge in [-0.2, -0.15) is 13.2 Å². The van der Waals surface area contributed by atoms with E-state index in [0.717, 1.165) is 6.07 Å². The minimum absolute atomic E-state index is 0.136. The van der Waals surface area contributed by atoms with Crippen molar-refractivity contribution in [2.24, 2.45) is 5.73 Å². The number of nitrogens with zero attached hydrogens (tertiary/aromatic N) is 1. The number of amides is 1. The van der Waals surface area contributed by atoms with E-state index < -0.39 is 34.7 Å². The molecule has 2 rings (SSSR count). The first-order chi connectivity index (χ1) is 10.7. The van der Waals surface area contributed by atoms with Crippen LogP contribution < -0.4 is 5.73 Å². The zero-order chi connectivity index (χ0) is 17.2. The Kier molecular flexibility index (Phi) is 4.35. The molecule has 5 nitrogen and oxygen atoms in total. The molecule has 0 fully saturated rings. The van der Waals surface area contributed by atoms with Gasteiger partial charge in [0.15, 0.2) is 0 Å². The smallest absolute Gasteiger partial charge is 0.416 e. The molecule has 0 aliphatic carbocycles. The van der Waals surface area contributed by atoms with E-state index in [1.54, 1.807) is 18.2 Å². The van der Waals surface area contributed by atoms with Crippen LogP contribution in [0.1, 0.15) is 37.5 Å². The molecule has 8 heteroatoms. The first-order valence-electron chi connectivity index (χ1n) is 6.37. The average molecular weight is 324 g/mol. The first kappa shape index (κ1) is 16.5. The number of carbonyl (C=O) groups is 2. The lowest BCUT2D eigenvalue weighted by Crippen LogP contribution is -2.21. The van der Waals surface area contributed by atoms with Crippen LogP contribution >= 0.6 is 0 Å². The Morgan fingerprint density at radius 2 is 1.91 bits per heavy atom. The number of hydrogen-bond acceptors (Lipinski definition) is 3. The predicted molar refractivity (Wildman–Crippen MR) is 74.0 cm³/mol. The molecule has 0 saturated carbocycles. The Morgan fingerprint density at radius 3 is 2.39 bits per heavy atom. The SMILES string of the molecule is NC(=O)c1c(Cc2ccccn2)cc(C(F)(F)F)cc1C(=O)O. The number of carboxylic acid groups (broad SMARTS) is 1. The summed E-state index contributed by atoms with van der Waals surface area (Å²) in [5.41, 5.74) is 3.02. The van der Waals surface area contributed by atoms with E-state index in [0.29, 0.717) is 11.8 Å². The largest absolute Gasteiger partial charge is 0.478 e. The number of hydrogen-bond donors (Lipinski definition) is 2. The fourth-order valence-corrected chi connectivity index (χ4v) is 2.16. The summed E-state index contributed by atoms with van der Waals surface area (Å²) in [5, 5.41) is 9.10. The molecule has 0 saturated heterocycles. The number of halogens is 3. The molecule has 120 valence electrons. The minimum atomic E-state index is -4.75. The zero-order valence-electron chi connectivity index (χ0n) is 11.6. The zero-order valence-corrected chi connectivity index (χ0v) is 11.6. The molecule has 0 aliphatic rings. The van der Waals surface area contributed by atoms with Gasteiger partial charge in [-0.05, 0) is 29.8 Å². The van der Waals surface area contributed by atoms with E-state index in [4.69, 9.17) is 10.8 Å². The Hall–Kier alpha value is -2.90. The van der Waals surface area contributed by atoms with Crippen molar-refractivity contribution in [3.63, 3.8) is 0 Å². The molecular weight excluding hydrogens is 313 g/mol. The molecule has 0 unspecified atom stereocenters. The monoisotopic (exact) mass is 324 g/mol. The van der Waals surface area contributed by atoms with E-state index >= 15 is 0 Å². The van der Waals surface area contributed by atoms with Crippen LogP contribution in [0.5, 0.6) is 0 Å². The van der Waals surface area contributed by atoms with Gasteiger partial charge in [0.25, 0.3) is 0 Å². The van der Waals surface area contributed by atoms with Gasteiger partial charge in [-0.1, -0.05) is 6.07 Å². The number of primary amides is 1. The Morgan fingerprint density at radius 1 is 1.22 bits per heavy atom. The molecule has 3 N–H and O–H groups in total. The van der Waals surface area contributed by atoms with E-state index in [2.05, 4.69) is 4.98 Å². The lowest BCUT2D eigenvalue weighted by atomic mass is 9.93. The summed E-state index contributed by atoms with van der Waals surface area (Å²) in [6.07, 6.45) is -3.46. The fourth-order valence-electron chi connectivity index (χ4n) is 2.16. The van der Waals surface area contributed by atoms with E-state index in [1.807, 2.05) is 0 Å². The van der Waals surface area contributed by atoms with Gasteiger partial charge in [-0.3, -0.25) is 9.78 Å². The van der Waals surface area contributed by atoms with Crippen LogP contribution in [0.4, 0.5) is 13.2 Å². The summed E-state index contributed by atoms with van der Waals surface area (Å²) in [6, 6.07) is 5.92. The summed E-state index contributed by atoms with van der Waals surface area (Å²) < 4.78 is 38.9. The van der Waals surface area contributed by atoms with Crippen molar-refractivity contribution in [3.8, 4) is 0 Å². The van der Waals surface area contributed by atoms with Crippen molar-refractivity contribution < 1.29 is 27.9 Å². The molecule has 23 heavy (non-hydrogen) atoms. The minimum Gasteiger partial charge on any atom is -0.478 e. The predicted octanol–water partition coefficient (Wildman–Crippen LogP) is 2.49. The Bertz CT molecular complexity index is 759. The number of aromatic carboxylic acids is 1. The maximum Gasteiger partial charge on any atom is 0.416 e. The quantitative estimate of drug-likeness (QED) is 0.903. The summed E-state index contributed by atoms with van der Waals surface area (Å²) in [4.78, 5) is 26.7. The van der Waals surface area contributed by atoms with Gasteiger partial charge in [0.2, 0.25) is 5.91 Å². The number of carboxylic acids is 1. The maximum absolute atomic E-state index is 13.0. The second kappa shape index (κ2) is 6.07. The van der Waals surface area contributed by atoms with E-state index in [1.165, 1.54) is 6.20 Å². The molecule has 0 bridgehead atoms. The second-order valence-electron chi connectivity index (χ2n) is 4.72. The third-order valence-electron chi connectivity index (χ3n) is 3.12. The van der Waals surface area contributed by atoms with Gasteiger partial charge in [0, 0.05) is 18.3 Å². The van der Waals surface area contributed by atoms with Gasteiger partial charge in [0.1, 0.15) is 0 Å². The van der Waals surface area contributed by atoms with Gasteiger partial charge < -0.3 is 10.8 Å². The third-order valence-corrected chi connectivity index (χ3v) is 3.12. The number of carbonyl (C=O) groups excluding carboxylic acids is 1. The summed E-state index contributed by atoms with van der Waals surface area (Å²) in [5.74, 6) is -2.77. The molecule has 2 aromatic rings.